The van der Waals surface area contributed by atoms with Crippen LogP contribution >= 0.6 is 0 Å². The molecule has 0 fully saturated rings. The second-order valence-corrected chi connectivity index (χ2v) is 3.89. The third-order valence-corrected chi connectivity index (χ3v) is 2.54. The molecule has 0 heterocycles. The van der Waals surface area contributed by atoms with Gasteiger partial charge in [0.2, 0.25) is 5.91 Å². The highest BCUT2D eigenvalue weighted by molar-refractivity contribution is 6.02. The maximum absolute atomic E-state index is 11.7. The zero-order valence-corrected chi connectivity index (χ0v) is 10.2. The summed E-state index contributed by atoms with van der Waals surface area (Å²) in [7, 11) is 0. The van der Waals surface area contributed by atoms with Crippen LogP contribution in [0.3, 0.4) is 0 Å². The number of rotatable bonds is 3. The molecule has 0 atom stereocenters. The maximum Gasteiger partial charge on any atom is 0.248 e. The highest BCUT2D eigenvalue weighted by atomic mass is 16.1. The van der Waals surface area contributed by atoms with Gasteiger partial charge in [-0.15, -0.1) is 0 Å². The number of hydrogen-bond acceptors (Lipinski definition) is 2. The predicted molar refractivity (Wildman–Crippen MR) is 75.3 cm³/mol. The fourth-order valence-corrected chi connectivity index (χ4v) is 1.62. The molecule has 0 saturated carbocycles. The molecule has 0 saturated heterocycles. The lowest BCUT2D eigenvalue weighted by atomic mass is 10.1. The number of para-hydroxylation sites is 1. The number of amides is 1. The van der Waals surface area contributed by atoms with Crippen molar-refractivity contribution in [1.82, 2.24) is 0 Å². The summed E-state index contributed by atoms with van der Waals surface area (Å²) in [5, 5.41) is 11.7. The molecule has 92 valence electrons. The first kappa shape index (κ1) is 12.6. The van der Waals surface area contributed by atoms with Gasteiger partial charge < -0.3 is 5.32 Å². The van der Waals surface area contributed by atoms with E-state index in [-0.39, 0.29) is 5.91 Å². The van der Waals surface area contributed by atoms with Crippen molar-refractivity contribution in [2.75, 3.05) is 5.32 Å². The second-order valence-electron chi connectivity index (χ2n) is 3.89. The number of benzene rings is 2. The molecule has 0 aromatic heterocycles. The minimum atomic E-state index is -0.223. The molecular formula is C16H12N2O. The monoisotopic (exact) mass is 248 g/mol. The van der Waals surface area contributed by atoms with Gasteiger partial charge in [-0.1, -0.05) is 36.4 Å². The second kappa shape index (κ2) is 6.18. The van der Waals surface area contributed by atoms with E-state index in [1.807, 2.05) is 36.4 Å². The molecular weight excluding hydrogens is 236 g/mol. The molecule has 0 aliphatic heterocycles. The highest BCUT2D eigenvalue weighted by Gasteiger charge is 1.99. The van der Waals surface area contributed by atoms with Crippen LogP contribution in [0, 0.1) is 11.3 Å². The Morgan fingerprint density at radius 1 is 1.05 bits per heavy atom. The SMILES string of the molecule is N#Cc1ccccc1C=CC(=O)Nc1ccccc1. The van der Waals surface area contributed by atoms with Crippen molar-refractivity contribution < 1.29 is 4.79 Å². The van der Waals surface area contributed by atoms with E-state index in [2.05, 4.69) is 11.4 Å². The molecule has 0 radical (unpaired) electrons. The smallest absolute Gasteiger partial charge is 0.248 e. The number of hydrogen-bond donors (Lipinski definition) is 1. The Kier molecular flexibility index (Phi) is 4.09. The maximum atomic E-state index is 11.7. The fourth-order valence-electron chi connectivity index (χ4n) is 1.62. The van der Waals surface area contributed by atoms with E-state index in [0.29, 0.717) is 5.56 Å². The van der Waals surface area contributed by atoms with Crippen LogP contribution in [0.4, 0.5) is 5.69 Å². The highest BCUT2D eigenvalue weighted by Crippen LogP contribution is 2.10. The van der Waals surface area contributed by atoms with Crippen molar-refractivity contribution in [2.45, 2.75) is 0 Å². The van der Waals surface area contributed by atoms with Crippen LogP contribution in [-0.4, -0.2) is 5.91 Å². The van der Waals surface area contributed by atoms with E-state index < -0.39 is 0 Å². The van der Waals surface area contributed by atoms with Crippen LogP contribution in [0.5, 0.6) is 0 Å². The first-order chi connectivity index (χ1) is 9.29. The van der Waals surface area contributed by atoms with E-state index in [9.17, 15) is 4.79 Å². The summed E-state index contributed by atoms with van der Waals surface area (Å²) in [5.41, 5.74) is 2.02. The van der Waals surface area contributed by atoms with Crippen molar-refractivity contribution in [3.05, 3.63) is 71.8 Å². The Bertz CT molecular complexity index is 639. The van der Waals surface area contributed by atoms with Gasteiger partial charge in [-0.3, -0.25) is 4.79 Å². The van der Waals surface area contributed by atoms with Crippen LogP contribution in [0.1, 0.15) is 11.1 Å². The van der Waals surface area contributed by atoms with Crippen molar-refractivity contribution in [1.29, 1.82) is 5.26 Å². The topological polar surface area (TPSA) is 52.9 Å². The quantitative estimate of drug-likeness (QED) is 0.848. The fraction of sp³-hybridized carbons (Fsp3) is 0. The summed E-state index contributed by atoms with van der Waals surface area (Å²) >= 11 is 0. The van der Waals surface area contributed by atoms with Crippen LogP contribution in [-0.2, 0) is 4.79 Å². The van der Waals surface area contributed by atoms with Gasteiger partial charge in [-0.25, -0.2) is 0 Å². The van der Waals surface area contributed by atoms with Crippen molar-refractivity contribution >= 4 is 17.7 Å². The molecule has 19 heavy (non-hydrogen) atoms. The van der Waals surface area contributed by atoms with Gasteiger partial charge in [0.15, 0.2) is 0 Å². The van der Waals surface area contributed by atoms with E-state index >= 15 is 0 Å². The van der Waals surface area contributed by atoms with Crippen LogP contribution in [0.15, 0.2) is 60.7 Å². The van der Waals surface area contributed by atoms with E-state index in [4.69, 9.17) is 5.26 Å². The lowest BCUT2D eigenvalue weighted by Gasteiger charge is -2.01. The molecule has 0 bridgehead atoms. The molecule has 2 aromatic rings. The lowest BCUT2D eigenvalue weighted by Crippen LogP contribution is -2.07. The van der Waals surface area contributed by atoms with Crippen LogP contribution in [0.25, 0.3) is 6.08 Å². The van der Waals surface area contributed by atoms with Gasteiger partial charge in [-0.2, -0.15) is 5.26 Å². The van der Waals surface area contributed by atoms with E-state index in [1.165, 1.54) is 6.08 Å². The Balaban J connectivity index is 2.07. The summed E-state index contributed by atoms with van der Waals surface area (Å²) < 4.78 is 0. The van der Waals surface area contributed by atoms with Gasteiger partial charge in [0.05, 0.1) is 11.6 Å². The van der Waals surface area contributed by atoms with Crippen molar-refractivity contribution in [2.24, 2.45) is 0 Å². The van der Waals surface area contributed by atoms with Gasteiger partial charge in [-0.05, 0) is 29.8 Å². The number of carbonyl (C=O) groups excluding carboxylic acids is 1. The van der Waals surface area contributed by atoms with Crippen molar-refractivity contribution in [3.8, 4) is 6.07 Å². The van der Waals surface area contributed by atoms with Crippen LogP contribution in [0.2, 0.25) is 0 Å². The molecule has 0 unspecified atom stereocenters. The number of nitrogens with one attached hydrogen (secondary N) is 1. The summed E-state index contributed by atoms with van der Waals surface area (Å²) in [6, 6.07) is 18.4. The summed E-state index contributed by atoms with van der Waals surface area (Å²) in [4.78, 5) is 11.7. The normalized spacial score (nSPS) is 10.1. The van der Waals surface area contributed by atoms with Crippen LogP contribution < -0.4 is 5.32 Å². The van der Waals surface area contributed by atoms with Gasteiger partial charge in [0.1, 0.15) is 0 Å². The number of nitriles is 1. The number of carbonyl (C=O) groups is 1. The molecule has 1 N–H and O–H groups in total. The van der Waals surface area contributed by atoms with E-state index in [0.717, 1.165) is 11.3 Å². The van der Waals surface area contributed by atoms with Gasteiger partial charge in [0.25, 0.3) is 0 Å². The minimum absolute atomic E-state index is 0.223. The lowest BCUT2D eigenvalue weighted by molar-refractivity contribution is -0.111. The van der Waals surface area contributed by atoms with Crippen molar-refractivity contribution in [3.63, 3.8) is 0 Å². The Morgan fingerprint density at radius 3 is 2.47 bits per heavy atom. The first-order valence-corrected chi connectivity index (χ1v) is 5.83. The van der Waals surface area contributed by atoms with Gasteiger partial charge >= 0.3 is 0 Å². The average Bonchev–Trinajstić information content (AvgIpc) is 2.46. The third kappa shape index (κ3) is 3.55. The zero-order valence-electron chi connectivity index (χ0n) is 10.2. The third-order valence-electron chi connectivity index (χ3n) is 2.54. The Morgan fingerprint density at radius 2 is 1.74 bits per heavy atom. The summed E-state index contributed by atoms with van der Waals surface area (Å²) in [5.74, 6) is -0.223. The summed E-state index contributed by atoms with van der Waals surface area (Å²) in [6.07, 6.45) is 3.06. The number of nitrogens with zero attached hydrogens (tertiary/aromatic N) is 1. The molecule has 0 aliphatic carbocycles. The molecule has 1 amide bonds. The summed E-state index contributed by atoms with van der Waals surface area (Å²) in [6.45, 7) is 0. The Hall–Kier alpha value is -2.86. The average molecular weight is 248 g/mol. The number of anilines is 1. The molecule has 3 nitrogen and oxygen atoms in total. The molecule has 0 aliphatic rings. The minimum Gasteiger partial charge on any atom is -0.323 e. The van der Waals surface area contributed by atoms with E-state index in [1.54, 1.807) is 24.3 Å². The Labute approximate surface area is 111 Å². The predicted octanol–water partition coefficient (Wildman–Crippen LogP) is 3.21. The molecule has 3 heteroatoms. The molecule has 2 rings (SSSR count). The zero-order chi connectivity index (χ0) is 13.5. The molecule has 0 spiro atoms. The van der Waals surface area contributed by atoms with Gasteiger partial charge in [0, 0.05) is 11.8 Å². The first-order valence-electron chi connectivity index (χ1n) is 5.83. The standard InChI is InChI=1S/C16H12N2O/c17-12-14-7-5-4-6-13(14)10-11-16(19)18-15-8-2-1-3-9-15/h1-11H,(H,18,19). The molecule has 2 aromatic carbocycles. The largest absolute Gasteiger partial charge is 0.323 e.